The Morgan fingerprint density at radius 3 is 2.76 bits per heavy atom. The van der Waals surface area contributed by atoms with Gasteiger partial charge in [0.15, 0.2) is 0 Å². The van der Waals surface area contributed by atoms with Crippen LogP contribution < -0.4 is 10.2 Å². The van der Waals surface area contributed by atoms with Gasteiger partial charge < -0.3 is 10.2 Å². The van der Waals surface area contributed by atoms with E-state index >= 15 is 0 Å². The predicted molar refractivity (Wildman–Crippen MR) is 84.2 cm³/mol. The maximum absolute atomic E-state index is 12.4. The summed E-state index contributed by atoms with van der Waals surface area (Å²) in [7, 11) is 0. The van der Waals surface area contributed by atoms with Crippen LogP contribution in [0.4, 0.5) is 5.69 Å². The molecule has 1 heterocycles. The fourth-order valence-electron chi connectivity index (χ4n) is 2.73. The Labute approximate surface area is 126 Å². The van der Waals surface area contributed by atoms with E-state index in [0.717, 1.165) is 18.5 Å². The molecule has 2 amide bonds. The van der Waals surface area contributed by atoms with Gasteiger partial charge >= 0.3 is 0 Å². The van der Waals surface area contributed by atoms with Gasteiger partial charge in [-0.3, -0.25) is 9.59 Å². The Morgan fingerprint density at radius 1 is 1.33 bits per heavy atom. The van der Waals surface area contributed by atoms with Crippen LogP contribution >= 0.6 is 0 Å². The molecule has 21 heavy (non-hydrogen) atoms. The third kappa shape index (κ3) is 3.84. The first-order chi connectivity index (χ1) is 9.99. The van der Waals surface area contributed by atoms with Gasteiger partial charge in [0, 0.05) is 18.3 Å². The zero-order valence-electron chi connectivity index (χ0n) is 13.1. The Hall–Kier alpha value is -1.84. The van der Waals surface area contributed by atoms with Crippen LogP contribution in [-0.2, 0) is 16.0 Å². The van der Waals surface area contributed by atoms with Gasteiger partial charge in [-0.25, -0.2) is 0 Å². The molecule has 0 bridgehead atoms. The summed E-state index contributed by atoms with van der Waals surface area (Å²) in [6.07, 6.45) is 1.72. The Balaban J connectivity index is 1.93. The van der Waals surface area contributed by atoms with E-state index in [0.29, 0.717) is 12.5 Å². The molecule has 2 rings (SSSR count). The number of carbonyl (C=O) groups excluding carboxylic acids is 2. The third-order valence-corrected chi connectivity index (χ3v) is 3.83. The van der Waals surface area contributed by atoms with Crippen LogP contribution in [0.3, 0.4) is 0 Å². The normalized spacial score (nSPS) is 17.0. The van der Waals surface area contributed by atoms with Crippen molar-refractivity contribution in [2.75, 3.05) is 11.4 Å². The fraction of sp³-hybridized carbons (Fsp3) is 0.529. The molecule has 1 atom stereocenters. The molecule has 0 fully saturated rings. The van der Waals surface area contributed by atoms with Gasteiger partial charge in [0.1, 0.15) is 6.42 Å². The third-order valence-electron chi connectivity index (χ3n) is 3.83. The Morgan fingerprint density at radius 2 is 2.05 bits per heavy atom. The van der Waals surface area contributed by atoms with E-state index in [9.17, 15) is 9.59 Å². The van der Waals surface area contributed by atoms with Crippen LogP contribution in [0, 0.1) is 5.92 Å². The number of anilines is 1. The first kappa shape index (κ1) is 15.5. The quantitative estimate of drug-likeness (QED) is 0.846. The van der Waals surface area contributed by atoms with E-state index in [-0.39, 0.29) is 24.3 Å². The van der Waals surface area contributed by atoms with Gasteiger partial charge in [-0.05, 0) is 37.3 Å². The molecule has 1 aliphatic rings. The highest BCUT2D eigenvalue weighted by Gasteiger charge is 2.31. The van der Waals surface area contributed by atoms with E-state index in [1.807, 2.05) is 31.2 Å². The summed E-state index contributed by atoms with van der Waals surface area (Å²) in [6, 6.07) is 8.03. The molecule has 1 unspecified atom stereocenters. The molecule has 0 aliphatic carbocycles. The highest BCUT2D eigenvalue weighted by Crippen LogP contribution is 2.32. The minimum absolute atomic E-state index is 0.0726. The van der Waals surface area contributed by atoms with Crippen LogP contribution in [0.1, 0.15) is 39.2 Å². The lowest BCUT2D eigenvalue weighted by Crippen LogP contribution is -2.39. The van der Waals surface area contributed by atoms with Gasteiger partial charge in [-0.15, -0.1) is 0 Å². The first-order valence-corrected chi connectivity index (χ1v) is 7.65. The highest BCUT2D eigenvalue weighted by molar-refractivity contribution is 6.06. The summed E-state index contributed by atoms with van der Waals surface area (Å²) < 4.78 is 0. The van der Waals surface area contributed by atoms with Crippen LogP contribution in [0.2, 0.25) is 0 Å². The number of nitrogens with zero attached hydrogens (tertiary/aromatic N) is 1. The molecule has 1 aromatic rings. The van der Waals surface area contributed by atoms with Crippen molar-refractivity contribution in [2.45, 2.75) is 46.1 Å². The average Bonchev–Trinajstić information content (AvgIpc) is 2.73. The summed E-state index contributed by atoms with van der Waals surface area (Å²) in [5.74, 6) is 0.248. The molecule has 0 spiro atoms. The summed E-state index contributed by atoms with van der Waals surface area (Å²) in [6.45, 7) is 6.88. The topological polar surface area (TPSA) is 49.4 Å². The van der Waals surface area contributed by atoms with Crippen molar-refractivity contribution >= 4 is 17.5 Å². The Kier molecular flexibility index (Phi) is 4.99. The van der Waals surface area contributed by atoms with Crippen molar-refractivity contribution < 1.29 is 9.59 Å². The number of benzene rings is 1. The number of hydrogen-bond acceptors (Lipinski definition) is 2. The molecule has 4 nitrogen and oxygen atoms in total. The number of fused-ring (bicyclic) bond motifs is 1. The number of carbonyl (C=O) groups is 2. The molecule has 0 aromatic heterocycles. The maximum atomic E-state index is 12.4. The van der Waals surface area contributed by atoms with E-state index in [2.05, 4.69) is 19.2 Å². The van der Waals surface area contributed by atoms with E-state index in [4.69, 9.17) is 0 Å². The molecule has 114 valence electrons. The van der Waals surface area contributed by atoms with Crippen LogP contribution in [0.25, 0.3) is 0 Å². The second-order valence-corrected chi connectivity index (χ2v) is 6.15. The predicted octanol–water partition coefficient (Wildman–Crippen LogP) is 2.52. The summed E-state index contributed by atoms with van der Waals surface area (Å²) in [4.78, 5) is 26.0. The molecule has 0 radical (unpaired) electrons. The van der Waals surface area contributed by atoms with Crippen molar-refractivity contribution in [3.8, 4) is 0 Å². The number of hydrogen-bond donors (Lipinski definition) is 1. The second kappa shape index (κ2) is 6.74. The van der Waals surface area contributed by atoms with Crippen molar-refractivity contribution in [2.24, 2.45) is 5.92 Å². The maximum Gasteiger partial charge on any atom is 0.236 e. The van der Waals surface area contributed by atoms with E-state index < -0.39 is 0 Å². The lowest BCUT2D eigenvalue weighted by atomic mass is 10.1. The van der Waals surface area contributed by atoms with Crippen molar-refractivity contribution in [1.82, 2.24) is 5.32 Å². The zero-order valence-corrected chi connectivity index (χ0v) is 13.1. The summed E-state index contributed by atoms with van der Waals surface area (Å²) in [5.41, 5.74) is 2.13. The highest BCUT2D eigenvalue weighted by atomic mass is 16.2. The largest absolute Gasteiger partial charge is 0.356 e. The first-order valence-electron chi connectivity index (χ1n) is 7.65. The van der Waals surface area contributed by atoms with Gasteiger partial charge in [0.25, 0.3) is 0 Å². The zero-order chi connectivity index (χ0) is 15.4. The molecule has 0 saturated heterocycles. The van der Waals surface area contributed by atoms with Gasteiger partial charge in [0.05, 0.1) is 0 Å². The number of para-hydroxylation sites is 1. The minimum atomic E-state index is -0.183. The lowest BCUT2D eigenvalue weighted by molar-refractivity contribution is -0.128. The number of rotatable bonds is 5. The summed E-state index contributed by atoms with van der Waals surface area (Å²) in [5, 5.41) is 2.82. The lowest BCUT2D eigenvalue weighted by Gasteiger charge is -2.22. The number of nitrogens with one attached hydrogen (secondary N) is 1. The standard InChI is InChI=1S/C17H24N2O2/c1-12(2)8-9-18-16(20)11-17(21)19-13(3)10-14-6-4-5-7-15(14)19/h4-7,12-13H,8-11H2,1-3H3,(H,18,20). The molecular weight excluding hydrogens is 264 g/mol. The molecular formula is C17H24N2O2. The minimum Gasteiger partial charge on any atom is -0.356 e. The van der Waals surface area contributed by atoms with Crippen molar-refractivity contribution in [1.29, 1.82) is 0 Å². The molecule has 0 saturated carbocycles. The van der Waals surface area contributed by atoms with E-state index in [1.165, 1.54) is 5.56 Å². The fourth-order valence-corrected chi connectivity index (χ4v) is 2.73. The van der Waals surface area contributed by atoms with Crippen LogP contribution in [0.5, 0.6) is 0 Å². The van der Waals surface area contributed by atoms with Crippen molar-refractivity contribution in [3.63, 3.8) is 0 Å². The van der Waals surface area contributed by atoms with E-state index in [1.54, 1.807) is 4.90 Å². The molecule has 1 N–H and O–H groups in total. The smallest absolute Gasteiger partial charge is 0.236 e. The second-order valence-electron chi connectivity index (χ2n) is 6.15. The van der Waals surface area contributed by atoms with Crippen molar-refractivity contribution in [3.05, 3.63) is 29.8 Å². The SMILES string of the molecule is CC(C)CCNC(=O)CC(=O)N1c2ccccc2CC1C. The molecule has 1 aromatic carbocycles. The summed E-state index contributed by atoms with van der Waals surface area (Å²) >= 11 is 0. The Bertz CT molecular complexity index is 525. The van der Waals surface area contributed by atoms with Gasteiger partial charge in [0.2, 0.25) is 11.8 Å². The van der Waals surface area contributed by atoms with Gasteiger partial charge in [-0.2, -0.15) is 0 Å². The number of amides is 2. The van der Waals surface area contributed by atoms with Crippen LogP contribution in [0.15, 0.2) is 24.3 Å². The van der Waals surface area contributed by atoms with Crippen LogP contribution in [-0.4, -0.2) is 24.4 Å². The molecule has 4 heteroatoms. The molecule has 1 aliphatic heterocycles. The monoisotopic (exact) mass is 288 g/mol. The van der Waals surface area contributed by atoms with Gasteiger partial charge in [-0.1, -0.05) is 32.0 Å². The average molecular weight is 288 g/mol.